The molecule has 0 unspecified atom stereocenters. The van der Waals surface area contributed by atoms with Crippen molar-refractivity contribution in [1.29, 1.82) is 0 Å². The molecule has 10 heteroatoms. The number of H-pyrrole nitrogens is 1. The molecule has 4 rings (SSSR count). The number of hydrogen-bond donors (Lipinski definition) is 1. The van der Waals surface area contributed by atoms with E-state index >= 15 is 0 Å². The number of benzene rings is 2. The van der Waals surface area contributed by atoms with E-state index in [0.29, 0.717) is 39.7 Å². The Morgan fingerprint density at radius 2 is 1.69 bits per heavy atom. The molecule has 2 aromatic heterocycles. The lowest BCUT2D eigenvalue weighted by molar-refractivity contribution is 0.355. The predicted octanol–water partition coefficient (Wildman–Crippen LogP) is 4.92. The molecule has 0 saturated heterocycles. The molecule has 0 aliphatic heterocycles. The van der Waals surface area contributed by atoms with Gasteiger partial charge in [0.15, 0.2) is 17.3 Å². The normalized spacial score (nSPS) is 10.8. The highest BCUT2D eigenvalue weighted by Crippen LogP contribution is 2.35. The van der Waals surface area contributed by atoms with E-state index in [1.165, 1.54) is 11.8 Å². The summed E-state index contributed by atoms with van der Waals surface area (Å²) in [5.41, 5.74) is 2.76. The number of methoxy groups -OCH3 is 4. The van der Waals surface area contributed by atoms with E-state index in [1.807, 2.05) is 41.8 Å². The lowest BCUT2D eigenvalue weighted by Gasteiger charge is -2.08. The van der Waals surface area contributed by atoms with Crippen molar-refractivity contribution < 1.29 is 18.9 Å². The van der Waals surface area contributed by atoms with E-state index in [9.17, 15) is 0 Å². The fraction of sp³-hybridized carbons (Fsp3) is 0.227. The third-order valence-electron chi connectivity index (χ3n) is 4.66. The average molecular weight is 471 g/mol. The van der Waals surface area contributed by atoms with Crippen molar-refractivity contribution in [2.24, 2.45) is 0 Å². The molecule has 0 spiro atoms. The van der Waals surface area contributed by atoms with Crippen LogP contribution in [0.25, 0.3) is 22.0 Å². The quantitative estimate of drug-likeness (QED) is 0.345. The summed E-state index contributed by atoms with van der Waals surface area (Å²) < 4.78 is 21.4. The van der Waals surface area contributed by atoms with Crippen molar-refractivity contribution >= 4 is 23.1 Å². The molecule has 0 aliphatic rings. The second-order valence-corrected chi connectivity index (χ2v) is 8.34. The summed E-state index contributed by atoms with van der Waals surface area (Å²) in [5.74, 6) is 4.04. The van der Waals surface area contributed by atoms with Gasteiger partial charge < -0.3 is 18.9 Å². The molecule has 0 radical (unpaired) electrons. The van der Waals surface area contributed by atoms with Gasteiger partial charge in [0.25, 0.3) is 0 Å². The molecule has 1 N–H and O–H groups in total. The topological polar surface area (TPSA) is 91.4 Å². The van der Waals surface area contributed by atoms with Gasteiger partial charge in [0.2, 0.25) is 5.16 Å². The van der Waals surface area contributed by atoms with Gasteiger partial charge in [0, 0.05) is 22.8 Å². The molecule has 0 fully saturated rings. The van der Waals surface area contributed by atoms with Gasteiger partial charge in [-0.2, -0.15) is 0 Å². The highest BCUT2D eigenvalue weighted by molar-refractivity contribution is 7.98. The molecule has 8 nitrogen and oxygen atoms in total. The van der Waals surface area contributed by atoms with Gasteiger partial charge in [-0.3, -0.25) is 5.10 Å². The predicted molar refractivity (Wildman–Crippen MR) is 125 cm³/mol. The smallest absolute Gasteiger partial charge is 0.209 e. The Labute approximate surface area is 193 Å². The van der Waals surface area contributed by atoms with Gasteiger partial charge in [-0.05, 0) is 30.3 Å². The maximum Gasteiger partial charge on any atom is 0.209 e. The first-order valence-electron chi connectivity index (χ1n) is 9.59. The number of nitrogens with zero attached hydrogens (tertiary/aromatic N) is 3. The summed E-state index contributed by atoms with van der Waals surface area (Å²) in [5, 5.41) is 10.9. The van der Waals surface area contributed by atoms with Gasteiger partial charge in [0.1, 0.15) is 16.5 Å². The van der Waals surface area contributed by atoms with Crippen LogP contribution in [0.3, 0.4) is 0 Å². The summed E-state index contributed by atoms with van der Waals surface area (Å²) in [6.45, 7) is 0. The second-order valence-electron chi connectivity index (χ2n) is 6.54. The fourth-order valence-corrected chi connectivity index (χ4v) is 4.65. The first-order chi connectivity index (χ1) is 15.6. The molecular weight excluding hydrogens is 448 g/mol. The minimum Gasteiger partial charge on any atom is -0.497 e. The Morgan fingerprint density at radius 1 is 0.875 bits per heavy atom. The summed E-state index contributed by atoms with van der Waals surface area (Å²) in [6.07, 6.45) is 0. The number of aromatic nitrogens is 4. The molecule has 0 amide bonds. The maximum absolute atomic E-state index is 5.46. The van der Waals surface area contributed by atoms with E-state index in [4.69, 9.17) is 23.9 Å². The lowest BCUT2D eigenvalue weighted by Crippen LogP contribution is -1.91. The van der Waals surface area contributed by atoms with Crippen LogP contribution in [-0.2, 0) is 5.75 Å². The number of thiazole rings is 1. The third-order valence-corrected chi connectivity index (χ3v) is 6.48. The van der Waals surface area contributed by atoms with Crippen LogP contribution >= 0.6 is 23.1 Å². The van der Waals surface area contributed by atoms with Gasteiger partial charge in [-0.1, -0.05) is 11.8 Å². The van der Waals surface area contributed by atoms with E-state index < -0.39 is 0 Å². The zero-order valence-electron chi connectivity index (χ0n) is 18.0. The number of aromatic amines is 1. The van der Waals surface area contributed by atoms with Crippen molar-refractivity contribution in [3.63, 3.8) is 0 Å². The van der Waals surface area contributed by atoms with E-state index in [1.54, 1.807) is 39.8 Å². The molecule has 32 heavy (non-hydrogen) atoms. The molecular formula is C22H22N4O4S2. The zero-order chi connectivity index (χ0) is 22.5. The zero-order valence-corrected chi connectivity index (χ0v) is 19.7. The number of hydrogen-bond acceptors (Lipinski definition) is 9. The van der Waals surface area contributed by atoms with Gasteiger partial charge in [-0.15, -0.1) is 16.4 Å². The fourth-order valence-electron chi connectivity index (χ4n) is 3.04. The summed E-state index contributed by atoms with van der Waals surface area (Å²) in [7, 11) is 6.48. The standard InChI is InChI=1S/C22H22N4O4S2/c1-27-15-6-7-16(18(10-15)29-3)20-24-22(26-25-20)32-12-14-11-31-21(23-14)13-5-8-17(28-2)19(9-13)30-4/h5-11H,12H2,1-4H3,(H,24,25,26). The Balaban J connectivity index is 1.45. The van der Waals surface area contributed by atoms with Crippen molar-refractivity contribution in [1.82, 2.24) is 20.2 Å². The van der Waals surface area contributed by atoms with Crippen LogP contribution < -0.4 is 18.9 Å². The maximum atomic E-state index is 5.46. The minimum atomic E-state index is 0.635. The number of nitrogens with one attached hydrogen (secondary N) is 1. The van der Waals surface area contributed by atoms with Crippen molar-refractivity contribution in [3.8, 4) is 45.0 Å². The molecule has 0 aliphatic carbocycles. The SMILES string of the molecule is COc1ccc(-c2nc(SCc3csc(-c4ccc(OC)c(OC)c4)n3)n[nH]2)c(OC)c1. The second kappa shape index (κ2) is 9.92. The van der Waals surface area contributed by atoms with Crippen molar-refractivity contribution in [3.05, 3.63) is 47.5 Å². The molecule has 0 saturated carbocycles. The molecule has 2 heterocycles. The lowest BCUT2D eigenvalue weighted by atomic mass is 10.2. The summed E-state index contributed by atoms with van der Waals surface area (Å²) >= 11 is 3.10. The Hall–Kier alpha value is -3.24. The molecule has 0 atom stereocenters. The van der Waals surface area contributed by atoms with Crippen LogP contribution in [0, 0.1) is 0 Å². The Bertz CT molecular complexity index is 1210. The highest BCUT2D eigenvalue weighted by Gasteiger charge is 2.14. The largest absolute Gasteiger partial charge is 0.497 e. The van der Waals surface area contributed by atoms with Gasteiger partial charge >= 0.3 is 0 Å². The number of thioether (sulfide) groups is 1. The molecule has 2 aromatic carbocycles. The van der Waals surface area contributed by atoms with Crippen LogP contribution in [0.4, 0.5) is 0 Å². The van der Waals surface area contributed by atoms with Crippen LogP contribution in [0.1, 0.15) is 5.69 Å². The van der Waals surface area contributed by atoms with Crippen LogP contribution in [-0.4, -0.2) is 48.6 Å². The monoisotopic (exact) mass is 470 g/mol. The van der Waals surface area contributed by atoms with E-state index in [0.717, 1.165) is 21.8 Å². The van der Waals surface area contributed by atoms with E-state index in [2.05, 4.69) is 15.2 Å². The first-order valence-corrected chi connectivity index (χ1v) is 11.5. The molecule has 0 bridgehead atoms. The van der Waals surface area contributed by atoms with Gasteiger partial charge in [-0.25, -0.2) is 9.97 Å². The first kappa shape index (κ1) is 22.0. The van der Waals surface area contributed by atoms with Crippen molar-refractivity contribution in [2.45, 2.75) is 10.9 Å². The van der Waals surface area contributed by atoms with Gasteiger partial charge in [0.05, 0.1) is 39.7 Å². The Morgan fingerprint density at radius 3 is 2.44 bits per heavy atom. The van der Waals surface area contributed by atoms with Crippen molar-refractivity contribution in [2.75, 3.05) is 28.4 Å². The minimum absolute atomic E-state index is 0.635. The highest BCUT2D eigenvalue weighted by atomic mass is 32.2. The molecule has 4 aromatic rings. The van der Waals surface area contributed by atoms with Crippen LogP contribution in [0.5, 0.6) is 23.0 Å². The number of ether oxygens (including phenoxy) is 4. The number of rotatable bonds is 9. The third kappa shape index (κ3) is 4.66. The summed E-state index contributed by atoms with van der Waals surface area (Å²) in [4.78, 5) is 9.33. The summed E-state index contributed by atoms with van der Waals surface area (Å²) in [6, 6.07) is 11.3. The Kier molecular flexibility index (Phi) is 6.81. The average Bonchev–Trinajstić information content (AvgIpc) is 3.51. The molecule has 166 valence electrons. The van der Waals surface area contributed by atoms with Crippen LogP contribution in [0.2, 0.25) is 0 Å². The van der Waals surface area contributed by atoms with E-state index in [-0.39, 0.29) is 0 Å². The van der Waals surface area contributed by atoms with Crippen LogP contribution in [0.15, 0.2) is 46.9 Å².